The molecule has 0 saturated carbocycles. The Morgan fingerprint density at radius 2 is 2.00 bits per heavy atom. The number of nitrogens with one attached hydrogen (secondary N) is 2. The van der Waals surface area contributed by atoms with Gasteiger partial charge in [0.2, 0.25) is 5.91 Å². The van der Waals surface area contributed by atoms with E-state index in [1.54, 1.807) is 7.11 Å². The molecule has 134 valence electrons. The fraction of sp³-hybridized carbons (Fsp3) is 0.611. The molecule has 1 amide bonds. The van der Waals surface area contributed by atoms with E-state index in [-0.39, 0.29) is 30.3 Å². The molecular weight excluding hydrogens is 326 g/mol. The molecule has 2 aliphatic heterocycles. The number of halogens is 1. The summed E-state index contributed by atoms with van der Waals surface area (Å²) in [5, 5.41) is 6.31. The summed E-state index contributed by atoms with van der Waals surface area (Å²) in [6.07, 6.45) is 3.76. The summed E-state index contributed by atoms with van der Waals surface area (Å²) in [5.41, 5.74) is 1.17. The summed E-state index contributed by atoms with van der Waals surface area (Å²) in [6.45, 7) is 4.42. The summed E-state index contributed by atoms with van der Waals surface area (Å²) >= 11 is 0. The van der Waals surface area contributed by atoms with Crippen molar-refractivity contribution in [2.24, 2.45) is 5.92 Å². The molecule has 0 radical (unpaired) electrons. The van der Waals surface area contributed by atoms with Crippen molar-refractivity contribution in [2.75, 3.05) is 39.8 Å². The first kappa shape index (κ1) is 19.0. The minimum atomic E-state index is 0. The number of methoxy groups -OCH3 is 1. The van der Waals surface area contributed by atoms with E-state index >= 15 is 0 Å². The SMILES string of the molecule is COc1ccccc1C(CNC(=O)C1CNC1)N1CCCCC1.Cl. The third kappa shape index (κ3) is 4.41. The molecule has 5 nitrogen and oxygen atoms in total. The zero-order valence-electron chi connectivity index (χ0n) is 14.3. The topological polar surface area (TPSA) is 53.6 Å². The van der Waals surface area contributed by atoms with Gasteiger partial charge >= 0.3 is 0 Å². The van der Waals surface area contributed by atoms with E-state index in [4.69, 9.17) is 4.74 Å². The predicted molar refractivity (Wildman–Crippen MR) is 97.8 cm³/mol. The van der Waals surface area contributed by atoms with Crippen LogP contribution >= 0.6 is 12.4 Å². The van der Waals surface area contributed by atoms with E-state index in [9.17, 15) is 4.79 Å². The molecule has 1 atom stereocenters. The maximum absolute atomic E-state index is 12.2. The molecule has 3 rings (SSSR count). The molecule has 2 saturated heterocycles. The number of benzene rings is 1. The number of carbonyl (C=O) groups is 1. The summed E-state index contributed by atoms with van der Waals surface area (Å²) in [4.78, 5) is 14.7. The molecule has 1 aromatic carbocycles. The van der Waals surface area contributed by atoms with Crippen LogP contribution in [0.25, 0.3) is 0 Å². The Bertz CT molecular complexity index is 531. The van der Waals surface area contributed by atoms with Gasteiger partial charge in [-0.2, -0.15) is 0 Å². The summed E-state index contributed by atoms with van der Waals surface area (Å²) < 4.78 is 5.55. The summed E-state index contributed by atoms with van der Waals surface area (Å²) in [6, 6.07) is 8.35. The third-order valence-corrected chi connectivity index (χ3v) is 4.95. The van der Waals surface area contributed by atoms with Crippen molar-refractivity contribution in [3.8, 4) is 5.75 Å². The fourth-order valence-electron chi connectivity index (χ4n) is 3.42. The average Bonchev–Trinajstić information content (AvgIpc) is 2.55. The van der Waals surface area contributed by atoms with E-state index < -0.39 is 0 Å². The van der Waals surface area contributed by atoms with Crippen LogP contribution in [0, 0.1) is 5.92 Å². The highest BCUT2D eigenvalue weighted by Gasteiger charge is 2.28. The van der Waals surface area contributed by atoms with Gasteiger partial charge in [-0.25, -0.2) is 0 Å². The van der Waals surface area contributed by atoms with Gasteiger partial charge in [0.25, 0.3) is 0 Å². The number of ether oxygens (including phenoxy) is 1. The van der Waals surface area contributed by atoms with Crippen LogP contribution in [0.1, 0.15) is 30.9 Å². The Morgan fingerprint density at radius 1 is 1.29 bits per heavy atom. The van der Waals surface area contributed by atoms with E-state index in [0.29, 0.717) is 6.54 Å². The van der Waals surface area contributed by atoms with Gasteiger partial charge in [-0.3, -0.25) is 9.69 Å². The van der Waals surface area contributed by atoms with Crippen molar-refractivity contribution in [2.45, 2.75) is 25.3 Å². The zero-order chi connectivity index (χ0) is 16.1. The number of hydrogen-bond acceptors (Lipinski definition) is 4. The van der Waals surface area contributed by atoms with Crippen molar-refractivity contribution < 1.29 is 9.53 Å². The highest BCUT2D eigenvalue weighted by molar-refractivity contribution is 5.85. The molecule has 0 spiro atoms. The number of para-hydroxylation sites is 1. The number of rotatable bonds is 6. The number of amides is 1. The Labute approximate surface area is 150 Å². The quantitative estimate of drug-likeness (QED) is 0.821. The molecule has 6 heteroatoms. The largest absolute Gasteiger partial charge is 0.496 e. The first-order chi connectivity index (χ1) is 11.3. The zero-order valence-corrected chi connectivity index (χ0v) is 15.1. The number of nitrogens with zero attached hydrogens (tertiary/aromatic N) is 1. The molecule has 0 aliphatic carbocycles. The van der Waals surface area contributed by atoms with Crippen molar-refractivity contribution in [3.63, 3.8) is 0 Å². The van der Waals surface area contributed by atoms with Gasteiger partial charge in [-0.15, -0.1) is 12.4 Å². The Morgan fingerprint density at radius 3 is 2.62 bits per heavy atom. The second kappa shape index (κ2) is 9.25. The third-order valence-electron chi connectivity index (χ3n) is 4.95. The van der Waals surface area contributed by atoms with Gasteiger partial charge in [0, 0.05) is 25.2 Å². The van der Waals surface area contributed by atoms with Crippen LogP contribution < -0.4 is 15.4 Å². The average molecular weight is 354 g/mol. The maximum atomic E-state index is 12.2. The summed E-state index contributed by atoms with van der Waals surface area (Å²) in [5.74, 6) is 1.21. The molecule has 2 heterocycles. The van der Waals surface area contributed by atoms with Gasteiger partial charge in [0.15, 0.2) is 0 Å². The fourth-order valence-corrected chi connectivity index (χ4v) is 3.42. The first-order valence-electron chi connectivity index (χ1n) is 8.65. The van der Waals surface area contributed by atoms with Gasteiger partial charge in [0.05, 0.1) is 19.1 Å². The number of hydrogen-bond donors (Lipinski definition) is 2. The molecule has 2 aliphatic rings. The number of piperidine rings is 1. The monoisotopic (exact) mass is 353 g/mol. The minimum Gasteiger partial charge on any atom is -0.496 e. The lowest BCUT2D eigenvalue weighted by atomic mass is 9.99. The van der Waals surface area contributed by atoms with Crippen LogP contribution in [0.2, 0.25) is 0 Å². The summed E-state index contributed by atoms with van der Waals surface area (Å²) in [7, 11) is 1.71. The molecule has 2 fully saturated rings. The normalized spacial score (nSPS) is 19.7. The van der Waals surface area contributed by atoms with Crippen LogP contribution in [-0.2, 0) is 4.79 Å². The molecule has 1 aromatic rings. The van der Waals surface area contributed by atoms with E-state index in [1.807, 2.05) is 18.2 Å². The Balaban J connectivity index is 0.00000208. The van der Waals surface area contributed by atoms with Gasteiger partial charge in [-0.1, -0.05) is 24.6 Å². The smallest absolute Gasteiger partial charge is 0.225 e. The Hall–Kier alpha value is -1.30. The molecular formula is C18H28ClN3O2. The molecule has 1 unspecified atom stereocenters. The van der Waals surface area contributed by atoms with Crippen molar-refractivity contribution >= 4 is 18.3 Å². The Kier molecular flexibility index (Phi) is 7.34. The van der Waals surface area contributed by atoms with Crippen molar-refractivity contribution in [1.82, 2.24) is 15.5 Å². The molecule has 0 bridgehead atoms. The molecule has 0 aromatic heterocycles. The lowest BCUT2D eigenvalue weighted by molar-refractivity contribution is -0.126. The lowest BCUT2D eigenvalue weighted by Gasteiger charge is -2.36. The van der Waals surface area contributed by atoms with E-state index in [2.05, 4.69) is 21.6 Å². The van der Waals surface area contributed by atoms with Gasteiger partial charge in [-0.05, 0) is 32.0 Å². The molecule has 2 N–H and O–H groups in total. The standard InChI is InChI=1S/C18H27N3O2.ClH/c1-23-17-8-4-3-7-15(17)16(21-9-5-2-6-10-21)13-20-18(22)14-11-19-12-14;/h3-4,7-8,14,16,19H,2,5-6,9-13H2,1H3,(H,20,22);1H. The van der Waals surface area contributed by atoms with Crippen LogP contribution in [0.15, 0.2) is 24.3 Å². The van der Waals surface area contributed by atoms with E-state index in [1.165, 1.54) is 24.8 Å². The van der Waals surface area contributed by atoms with Gasteiger partial charge in [0.1, 0.15) is 5.75 Å². The van der Waals surface area contributed by atoms with Crippen LogP contribution in [0.5, 0.6) is 5.75 Å². The number of carbonyl (C=O) groups excluding carboxylic acids is 1. The first-order valence-corrected chi connectivity index (χ1v) is 8.65. The van der Waals surface area contributed by atoms with Crippen molar-refractivity contribution in [3.05, 3.63) is 29.8 Å². The lowest BCUT2D eigenvalue weighted by Crippen LogP contribution is -2.52. The molecule has 24 heavy (non-hydrogen) atoms. The minimum absolute atomic E-state index is 0. The van der Waals surface area contributed by atoms with Crippen LogP contribution in [0.3, 0.4) is 0 Å². The highest BCUT2D eigenvalue weighted by atomic mass is 35.5. The highest BCUT2D eigenvalue weighted by Crippen LogP contribution is 2.30. The second-order valence-electron chi connectivity index (χ2n) is 6.45. The van der Waals surface area contributed by atoms with Crippen molar-refractivity contribution in [1.29, 1.82) is 0 Å². The predicted octanol–water partition coefficient (Wildman–Crippen LogP) is 1.98. The van der Waals surface area contributed by atoms with E-state index in [0.717, 1.165) is 31.9 Å². The maximum Gasteiger partial charge on any atom is 0.225 e. The second-order valence-corrected chi connectivity index (χ2v) is 6.45. The number of likely N-dealkylation sites (tertiary alicyclic amines) is 1. The van der Waals surface area contributed by atoms with Gasteiger partial charge < -0.3 is 15.4 Å². The van der Waals surface area contributed by atoms with Crippen LogP contribution in [0.4, 0.5) is 0 Å². The van der Waals surface area contributed by atoms with Crippen LogP contribution in [-0.4, -0.2) is 50.6 Å².